The van der Waals surface area contributed by atoms with Gasteiger partial charge in [-0.25, -0.2) is 4.98 Å². The van der Waals surface area contributed by atoms with Crippen molar-refractivity contribution in [2.24, 2.45) is 13.0 Å². The molecule has 17 heavy (non-hydrogen) atoms. The van der Waals surface area contributed by atoms with Crippen LogP contribution in [-0.2, 0) is 13.6 Å². The fourth-order valence-corrected chi connectivity index (χ4v) is 2.32. The number of nitrogens with one attached hydrogen (secondary N) is 1. The van der Waals surface area contributed by atoms with Gasteiger partial charge in [0.2, 0.25) is 0 Å². The minimum absolute atomic E-state index is 0.674. The Morgan fingerprint density at radius 3 is 2.94 bits per heavy atom. The second kappa shape index (κ2) is 5.42. The first kappa shape index (κ1) is 12.3. The van der Waals surface area contributed by atoms with Crippen LogP contribution in [0.25, 0.3) is 11.3 Å². The Morgan fingerprint density at radius 1 is 1.47 bits per heavy atom. The predicted molar refractivity (Wildman–Crippen MR) is 70.9 cm³/mol. The first-order chi connectivity index (χ1) is 8.15. The van der Waals surface area contributed by atoms with Gasteiger partial charge in [0.25, 0.3) is 0 Å². The highest BCUT2D eigenvalue weighted by molar-refractivity contribution is 7.09. The van der Waals surface area contributed by atoms with Crippen LogP contribution in [0.3, 0.4) is 0 Å². The van der Waals surface area contributed by atoms with Crippen molar-refractivity contribution < 1.29 is 0 Å². The average Bonchev–Trinajstić information content (AvgIpc) is 2.86. The lowest BCUT2D eigenvalue weighted by Gasteiger charge is -2.04. The van der Waals surface area contributed by atoms with E-state index in [-0.39, 0.29) is 0 Å². The summed E-state index contributed by atoms with van der Waals surface area (Å²) >= 11 is 1.69. The van der Waals surface area contributed by atoms with Crippen LogP contribution < -0.4 is 5.32 Å². The fraction of sp³-hybridized carbons (Fsp3) is 0.500. The van der Waals surface area contributed by atoms with Gasteiger partial charge in [-0.1, -0.05) is 13.8 Å². The summed E-state index contributed by atoms with van der Waals surface area (Å²) in [6, 6.07) is 0. The Balaban J connectivity index is 1.96. The standard InChI is InChI=1S/C12H18N4S/c1-9(2)4-13-6-12-15-11(8-17-12)10-5-14-16(3)7-10/h5,7-9,13H,4,6H2,1-3H3. The quantitative estimate of drug-likeness (QED) is 0.885. The van der Waals surface area contributed by atoms with Gasteiger partial charge in [-0.3, -0.25) is 4.68 Å². The van der Waals surface area contributed by atoms with Crippen molar-refractivity contribution in [2.75, 3.05) is 6.54 Å². The van der Waals surface area contributed by atoms with Crippen LogP contribution in [0.4, 0.5) is 0 Å². The highest BCUT2D eigenvalue weighted by Crippen LogP contribution is 2.20. The van der Waals surface area contributed by atoms with E-state index in [4.69, 9.17) is 0 Å². The van der Waals surface area contributed by atoms with Crippen molar-refractivity contribution in [1.29, 1.82) is 0 Å². The Morgan fingerprint density at radius 2 is 2.29 bits per heavy atom. The van der Waals surface area contributed by atoms with Crippen LogP contribution in [-0.4, -0.2) is 21.3 Å². The van der Waals surface area contributed by atoms with Gasteiger partial charge in [0.15, 0.2) is 0 Å². The van der Waals surface area contributed by atoms with E-state index in [1.54, 1.807) is 16.0 Å². The van der Waals surface area contributed by atoms with Crippen molar-refractivity contribution in [3.05, 3.63) is 22.8 Å². The molecule has 1 N–H and O–H groups in total. The molecule has 2 aromatic heterocycles. The SMILES string of the molecule is CC(C)CNCc1nc(-c2cnn(C)c2)cs1. The summed E-state index contributed by atoms with van der Waals surface area (Å²) in [4.78, 5) is 4.59. The summed E-state index contributed by atoms with van der Waals surface area (Å²) in [7, 11) is 1.92. The summed E-state index contributed by atoms with van der Waals surface area (Å²) in [5.74, 6) is 0.674. The van der Waals surface area contributed by atoms with E-state index in [2.05, 4.69) is 34.6 Å². The van der Waals surface area contributed by atoms with E-state index >= 15 is 0 Å². The topological polar surface area (TPSA) is 42.7 Å². The lowest BCUT2D eigenvalue weighted by Crippen LogP contribution is -2.18. The van der Waals surface area contributed by atoms with Crippen LogP contribution in [0, 0.1) is 5.92 Å². The molecule has 0 spiro atoms. The summed E-state index contributed by atoms with van der Waals surface area (Å²) in [5, 5.41) is 10.8. The van der Waals surface area contributed by atoms with E-state index in [9.17, 15) is 0 Å². The molecule has 4 nitrogen and oxygen atoms in total. The lowest BCUT2D eigenvalue weighted by atomic mass is 10.2. The zero-order valence-electron chi connectivity index (χ0n) is 10.5. The predicted octanol–water partition coefficient (Wildman–Crippen LogP) is 2.29. The maximum absolute atomic E-state index is 4.59. The first-order valence-electron chi connectivity index (χ1n) is 5.79. The molecule has 0 atom stereocenters. The molecule has 0 bridgehead atoms. The Labute approximate surface area is 106 Å². The monoisotopic (exact) mass is 250 g/mol. The van der Waals surface area contributed by atoms with Crippen LogP contribution in [0.5, 0.6) is 0 Å². The highest BCUT2D eigenvalue weighted by atomic mass is 32.1. The van der Waals surface area contributed by atoms with E-state index in [1.165, 1.54) is 0 Å². The maximum atomic E-state index is 4.59. The molecule has 0 unspecified atom stereocenters. The number of aromatic nitrogens is 3. The second-order valence-electron chi connectivity index (χ2n) is 4.55. The maximum Gasteiger partial charge on any atom is 0.107 e. The lowest BCUT2D eigenvalue weighted by molar-refractivity contribution is 0.551. The smallest absolute Gasteiger partial charge is 0.107 e. The third-order valence-corrected chi connectivity index (χ3v) is 3.23. The zero-order chi connectivity index (χ0) is 12.3. The van der Waals surface area contributed by atoms with Gasteiger partial charge in [-0.05, 0) is 12.5 Å². The number of nitrogens with zero attached hydrogens (tertiary/aromatic N) is 3. The van der Waals surface area contributed by atoms with Gasteiger partial charge in [-0.2, -0.15) is 5.10 Å². The van der Waals surface area contributed by atoms with Crippen LogP contribution in [0.15, 0.2) is 17.8 Å². The van der Waals surface area contributed by atoms with Gasteiger partial charge in [-0.15, -0.1) is 11.3 Å². The van der Waals surface area contributed by atoms with Crippen LogP contribution in [0.2, 0.25) is 0 Å². The van der Waals surface area contributed by atoms with Crippen molar-refractivity contribution in [2.45, 2.75) is 20.4 Å². The van der Waals surface area contributed by atoms with E-state index in [1.807, 2.05) is 19.4 Å². The van der Waals surface area contributed by atoms with Gasteiger partial charge in [0, 0.05) is 30.7 Å². The molecule has 0 aromatic carbocycles. The molecule has 92 valence electrons. The van der Waals surface area contributed by atoms with E-state index < -0.39 is 0 Å². The van der Waals surface area contributed by atoms with Gasteiger partial charge < -0.3 is 5.32 Å². The molecular formula is C12H18N4S. The number of hydrogen-bond acceptors (Lipinski definition) is 4. The molecule has 0 fully saturated rings. The molecule has 0 aliphatic heterocycles. The minimum atomic E-state index is 0.674. The Bertz CT molecular complexity index is 472. The van der Waals surface area contributed by atoms with Crippen molar-refractivity contribution in [3.8, 4) is 11.3 Å². The van der Waals surface area contributed by atoms with E-state index in [0.717, 1.165) is 29.4 Å². The Hall–Kier alpha value is -1.20. The molecule has 0 amide bonds. The molecule has 2 heterocycles. The largest absolute Gasteiger partial charge is 0.310 e. The second-order valence-corrected chi connectivity index (χ2v) is 5.50. The van der Waals surface area contributed by atoms with Gasteiger partial charge >= 0.3 is 0 Å². The number of thiazole rings is 1. The first-order valence-corrected chi connectivity index (χ1v) is 6.67. The van der Waals surface area contributed by atoms with Crippen molar-refractivity contribution in [1.82, 2.24) is 20.1 Å². The summed E-state index contributed by atoms with van der Waals surface area (Å²) in [5.41, 5.74) is 2.10. The Kier molecular flexibility index (Phi) is 3.91. The number of hydrogen-bond donors (Lipinski definition) is 1. The average molecular weight is 250 g/mol. The summed E-state index contributed by atoms with van der Waals surface area (Å²) in [6.07, 6.45) is 3.83. The number of rotatable bonds is 5. The third-order valence-electron chi connectivity index (χ3n) is 2.38. The molecule has 0 radical (unpaired) electrons. The molecule has 0 saturated heterocycles. The molecule has 0 aliphatic carbocycles. The molecule has 2 rings (SSSR count). The fourth-order valence-electron chi connectivity index (χ4n) is 1.55. The van der Waals surface area contributed by atoms with Crippen molar-refractivity contribution in [3.63, 3.8) is 0 Å². The highest BCUT2D eigenvalue weighted by Gasteiger charge is 2.06. The third kappa shape index (κ3) is 3.38. The van der Waals surface area contributed by atoms with Crippen LogP contribution >= 0.6 is 11.3 Å². The zero-order valence-corrected chi connectivity index (χ0v) is 11.3. The molecule has 5 heteroatoms. The van der Waals surface area contributed by atoms with Gasteiger partial charge in [0.05, 0.1) is 11.9 Å². The minimum Gasteiger partial charge on any atom is -0.310 e. The van der Waals surface area contributed by atoms with E-state index in [0.29, 0.717) is 5.92 Å². The summed E-state index contributed by atoms with van der Waals surface area (Å²) in [6.45, 7) is 6.29. The number of aryl methyl sites for hydroxylation is 1. The molecular weight excluding hydrogens is 232 g/mol. The molecule has 0 saturated carbocycles. The molecule has 0 aliphatic rings. The summed E-state index contributed by atoms with van der Waals surface area (Å²) < 4.78 is 1.80. The van der Waals surface area contributed by atoms with Crippen LogP contribution in [0.1, 0.15) is 18.9 Å². The van der Waals surface area contributed by atoms with Crippen molar-refractivity contribution >= 4 is 11.3 Å². The molecule has 2 aromatic rings. The normalized spacial score (nSPS) is 11.3. The van der Waals surface area contributed by atoms with Gasteiger partial charge in [0.1, 0.15) is 5.01 Å².